The monoisotopic (exact) mass is 333 g/mol. The molecule has 0 aromatic heterocycles. The Morgan fingerprint density at radius 1 is 1.39 bits per heavy atom. The molecule has 0 radical (unpaired) electrons. The standard InChI is InChI=1S/C16H19N3O3S/c1-10(2)14(16(21)22)19-15(20)11(8-17)9-18-12-5-4-6-13(7-12)23-3/h4-7,9-10,14,18H,1-3H3,(H,19,20)(H,21,22)/b11-9-. The van der Waals surface area contributed by atoms with Crippen LogP contribution in [-0.4, -0.2) is 29.3 Å². The second kappa shape index (κ2) is 8.86. The van der Waals surface area contributed by atoms with E-state index in [1.165, 1.54) is 6.20 Å². The zero-order chi connectivity index (χ0) is 17.4. The molecule has 3 N–H and O–H groups in total. The number of hydrogen-bond acceptors (Lipinski definition) is 5. The summed E-state index contributed by atoms with van der Waals surface area (Å²) < 4.78 is 0. The van der Waals surface area contributed by atoms with Gasteiger partial charge in [-0.05, 0) is 30.4 Å². The summed E-state index contributed by atoms with van der Waals surface area (Å²) >= 11 is 1.57. The average molecular weight is 333 g/mol. The zero-order valence-corrected chi connectivity index (χ0v) is 14.0. The second-order valence-corrected chi connectivity index (χ2v) is 5.96. The Labute approximate surface area is 139 Å². The highest BCUT2D eigenvalue weighted by molar-refractivity contribution is 7.98. The number of benzene rings is 1. The molecule has 1 aromatic carbocycles. The van der Waals surface area contributed by atoms with Crippen LogP contribution in [-0.2, 0) is 9.59 Å². The third kappa shape index (κ3) is 5.68. The number of carbonyl (C=O) groups is 2. The van der Waals surface area contributed by atoms with E-state index in [2.05, 4.69) is 10.6 Å². The van der Waals surface area contributed by atoms with E-state index in [1.807, 2.05) is 24.5 Å². The van der Waals surface area contributed by atoms with Gasteiger partial charge in [-0.1, -0.05) is 19.9 Å². The van der Waals surface area contributed by atoms with E-state index < -0.39 is 17.9 Å². The maximum absolute atomic E-state index is 12.0. The Kier molecular flexibility index (Phi) is 7.16. The first kappa shape index (κ1) is 18.6. The molecule has 122 valence electrons. The molecule has 0 aliphatic carbocycles. The number of aliphatic carboxylic acids is 1. The number of thioether (sulfide) groups is 1. The number of carboxylic acid groups (broad SMARTS) is 1. The van der Waals surface area contributed by atoms with Gasteiger partial charge in [0.1, 0.15) is 17.7 Å². The average Bonchev–Trinajstić information content (AvgIpc) is 2.52. The normalized spacial score (nSPS) is 12.4. The number of nitriles is 1. The molecule has 0 saturated heterocycles. The van der Waals surface area contributed by atoms with Crippen molar-refractivity contribution >= 4 is 29.3 Å². The molecule has 6 nitrogen and oxygen atoms in total. The lowest BCUT2D eigenvalue weighted by Gasteiger charge is -2.17. The lowest BCUT2D eigenvalue weighted by molar-refractivity contribution is -0.142. The zero-order valence-electron chi connectivity index (χ0n) is 13.2. The SMILES string of the molecule is CSc1cccc(N/C=C(/C#N)C(=O)NC(C(=O)O)C(C)C)c1. The summed E-state index contributed by atoms with van der Waals surface area (Å²) in [5, 5.41) is 23.4. The van der Waals surface area contributed by atoms with Gasteiger partial charge in [0.05, 0.1) is 0 Å². The van der Waals surface area contributed by atoms with Gasteiger partial charge in [0.15, 0.2) is 0 Å². The van der Waals surface area contributed by atoms with E-state index in [9.17, 15) is 9.59 Å². The van der Waals surface area contributed by atoms with Crippen LogP contribution < -0.4 is 10.6 Å². The van der Waals surface area contributed by atoms with Gasteiger partial charge in [-0.2, -0.15) is 5.26 Å². The number of nitrogens with zero attached hydrogens (tertiary/aromatic N) is 1. The van der Waals surface area contributed by atoms with Gasteiger partial charge in [0.2, 0.25) is 0 Å². The lowest BCUT2D eigenvalue weighted by atomic mass is 10.0. The number of anilines is 1. The first-order valence-corrected chi connectivity index (χ1v) is 8.16. The summed E-state index contributed by atoms with van der Waals surface area (Å²) in [4.78, 5) is 24.2. The molecule has 1 atom stereocenters. The van der Waals surface area contributed by atoms with Crippen LogP contribution in [0.1, 0.15) is 13.8 Å². The number of carboxylic acids is 1. The number of amides is 1. The summed E-state index contributed by atoms with van der Waals surface area (Å²) in [6, 6.07) is 8.21. The Bertz CT molecular complexity index is 650. The molecule has 0 heterocycles. The molecule has 0 spiro atoms. The van der Waals surface area contributed by atoms with E-state index in [0.29, 0.717) is 0 Å². The molecular weight excluding hydrogens is 314 g/mol. The molecule has 7 heteroatoms. The van der Waals surface area contributed by atoms with Crippen molar-refractivity contribution < 1.29 is 14.7 Å². The minimum absolute atomic E-state index is 0.188. The van der Waals surface area contributed by atoms with Crippen LogP contribution in [0, 0.1) is 17.2 Å². The van der Waals surface area contributed by atoms with E-state index in [0.717, 1.165) is 10.6 Å². The van der Waals surface area contributed by atoms with Crippen molar-refractivity contribution in [3.05, 3.63) is 36.0 Å². The highest BCUT2D eigenvalue weighted by atomic mass is 32.2. The number of nitrogens with one attached hydrogen (secondary N) is 2. The van der Waals surface area contributed by atoms with Gasteiger partial charge < -0.3 is 15.7 Å². The van der Waals surface area contributed by atoms with Crippen molar-refractivity contribution in [2.45, 2.75) is 24.8 Å². The molecular formula is C16H19N3O3S. The van der Waals surface area contributed by atoms with Crippen LogP contribution in [0.5, 0.6) is 0 Å². The van der Waals surface area contributed by atoms with Crippen LogP contribution >= 0.6 is 11.8 Å². The number of rotatable bonds is 7. The molecule has 0 aliphatic heterocycles. The minimum atomic E-state index is -1.13. The molecule has 1 unspecified atom stereocenters. The summed E-state index contributed by atoms with van der Waals surface area (Å²) in [5.41, 5.74) is 0.544. The summed E-state index contributed by atoms with van der Waals surface area (Å²) in [7, 11) is 0. The third-order valence-corrected chi connectivity index (χ3v) is 3.76. The molecule has 0 saturated carbocycles. The van der Waals surface area contributed by atoms with E-state index in [4.69, 9.17) is 10.4 Å². The summed E-state index contributed by atoms with van der Waals surface area (Å²) in [6.45, 7) is 3.36. The molecule has 0 fully saturated rings. The maximum atomic E-state index is 12.0. The van der Waals surface area contributed by atoms with Crippen molar-refractivity contribution in [2.75, 3.05) is 11.6 Å². The lowest BCUT2D eigenvalue weighted by Crippen LogP contribution is -2.44. The van der Waals surface area contributed by atoms with E-state index in [1.54, 1.807) is 37.7 Å². The third-order valence-electron chi connectivity index (χ3n) is 3.04. The van der Waals surface area contributed by atoms with Crippen molar-refractivity contribution in [1.82, 2.24) is 5.32 Å². The van der Waals surface area contributed by atoms with Crippen molar-refractivity contribution in [3.8, 4) is 6.07 Å². The van der Waals surface area contributed by atoms with Gasteiger partial charge in [-0.15, -0.1) is 11.8 Å². The Morgan fingerprint density at radius 2 is 2.09 bits per heavy atom. The Morgan fingerprint density at radius 3 is 2.61 bits per heavy atom. The first-order valence-electron chi connectivity index (χ1n) is 6.93. The minimum Gasteiger partial charge on any atom is -0.480 e. The first-order chi connectivity index (χ1) is 10.9. The second-order valence-electron chi connectivity index (χ2n) is 5.08. The Balaban J connectivity index is 2.84. The molecule has 1 rings (SSSR count). The van der Waals surface area contributed by atoms with E-state index >= 15 is 0 Å². The topological polar surface area (TPSA) is 102 Å². The molecule has 1 amide bonds. The fourth-order valence-electron chi connectivity index (χ4n) is 1.75. The van der Waals surface area contributed by atoms with Gasteiger partial charge in [0.25, 0.3) is 5.91 Å². The van der Waals surface area contributed by atoms with Gasteiger partial charge in [-0.3, -0.25) is 4.79 Å². The summed E-state index contributed by atoms with van der Waals surface area (Å²) in [5.74, 6) is -2.14. The van der Waals surface area contributed by atoms with Crippen LogP contribution in [0.2, 0.25) is 0 Å². The van der Waals surface area contributed by atoms with Gasteiger partial charge in [0, 0.05) is 16.8 Å². The van der Waals surface area contributed by atoms with Crippen molar-refractivity contribution in [3.63, 3.8) is 0 Å². The smallest absolute Gasteiger partial charge is 0.326 e. The number of carbonyl (C=O) groups excluding carboxylic acids is 1. The molecule has 1 aromatic rings. The van der Waals surface area contributed by atoms with Crippen LogP contribution in [0.4, 0.5) is 5.69 Å². The van der Waals surface area contributed by atoms with Gasteiger partial charge in [-0.25, -0.2) is 4.79 Å². The highest BCUT2D eigenvalue weighted by Crippen LogP contribution is 2.19. The fraction of sp³-hybridized carbons (Fsp3) is 0.312. The predicted octanol–water partition coefficient (Wildman–Crippen LogP) is 2.45. The highest BCUT2D eigenvalue weighted by Gasteiger charge is 2.24. The maximum Gasteiger partial charge on any atom is 0.326 e. The Hall–Kier alpha value is -2.46. The molecule has 0 bridgehead atoms. The molecule has 23 heavy (non-hydrogen) atoms. The van der Waals surface area contributed by atoms with Gasteiger partial charge >= 0.3 is 5.97 Å². The van der Waals surface area contributed by atoms with Crippen molar-refractivity contribution in [1.29, 1.82) is 5.26 Å². The largest absolute Gasteiger partial charge is 0.480 e. The summed E-state index contributed by atoms with van der Waals surface area (Å²) in [6.07, 6.45) is 3.22. The van der Waals surface area contributed by atoms with Crippen LogP contribution in [0.3, 0.4) is 0 Å². The van der Waals surface area contributed by atoms with Crippen LogP contribution in [0.25, 0.3) is 0 Å². The number of hydrogen-bond donors (Lipinski definition) is 3. The molecule has 0 aliphatic rings. The van der Waals surface area contributed by atoms with E-state index in [-0.39, 0.29) is 11.5 Å². The predicted molar refractivity (Wildman–Crippen MR) is 89.9 cm³/mol. The van der Waals surface area contributed by atoms with Crippen LogP contribution in [0.15, 0.2) is 40.9 Å². The van der Waals surface area contributed by atoms with Crippen molar-refractivity contribution in [2.24, 2.45) is 5.92 Å². The fourth-order valence-corrected chi connectivity index (χ4v) is 2.21. The quantitative estimate of drug-likeness (QED) is 0.402.